The molecule has 0 atom stereocenters. The Hall–Kier alpha value is -1.90. The van der Waals surface area contributed by atoms with E-state index in [0.717, 1.165) is 29.0 Å². The number of hydrogen-bond acceptors (Lipinski definition) is 3. The number of carbonyl (C=O) groups is 1. The zero-order valence-corrected chi connectivity index (χ0v) is 13.1. The van der Waals surface area contributed by atoms with Gasteiger partial charge in [-0.3, -0.25) is 4.98 Å². The summed E-state index contributed by atoms with van der Waals surface area (Å²) < 4.78 is 0. The lowest BCUT2D eigenvalue weighted by molar-refractivity contribution is -0.254. The molecule has 4 bridgehead atoms. The number of carboxylic acid groups (broad SMARTS) is 1. The van der Waals surface area contributed by atoms with Crippen molar-refractivity contribution >= 4 is 16.9 Å². The molecule has 0 N–H and O–H groups in total. The molecule has 0 aliphatic heterocycles. The Morgan fingerprint density at radius 2 is 1.65 bits per heavy atom. The normalized spacial score (nSPS) is 34.9. The maximum Gasteiger partial charge on any atom is 0.0722 e. The van der Waals surface area contributed by atoms with E-state index in [0.29, 0.717) is 10.9 Å². The van der Waals surface area contributed by atoms with Crippen LogP contribution >= 0.6 is 0 Å². The molecule has 2 aromatic rings. The van der Waals surface area contributed by atoms with Crippen molar-refractivity contribution in [1.29, 1.82) is 0 Å². The molecule has 6 rings (SSSR count). The van der Waals surface area contributed by atoms with Crippen molar-refractivity contribution < 1.29 is 9.90 Å². The number of para-hydroxylation sites is 1. The van der Waals surface area contributed by atoms with Crippen molar-refractivity contribution in [1.82, 2.24) is 4.98 Å². The largest absolute Gasteiger partial charge is 0.545 e. The first-order chi connectivity index (χ1) is 11.1. The summed E-state index contributed by atoms with van der Waals surface area (Å²) in [5.74, 6) is 1.37. The summed E-state index contributed by atoms with van der Waals surface area (Å²) in [7, 11) is 0. The SMILES string of the molecule is O=C([O-])c1cc(C23CC4CC(CC(C4)C2)C3)nc2ccccc12. The summed E-state index contributed by atoms with van der Waals surface area (Å²) in [6.45, 7) is 0. The number of benzene rings is 1. The van der Waals surface area contributed by atoms with Crippen LogP contribution in [0.15, 0.2) is 30.3 Å². The van der Waals surface area contributed by atoms with E-state index in [2.05, 4.69) is 0 Å². The molecule has 1 heterocycles. The maximum absolute atomic E-state index is 11.7. The second-order valence-corrected chi connectivity index (χ2v) is 8.06. The first-order valence-corrected chi connectivity index (χ1v) is 8.75. The smallest absolute Gasteiger partial charge is 0.0722 e. The average molecular weight is 306 g/mol. The molecule has 23 heavy (non-hydrogen) atoms. The van der Waals surface area contributed by atoms with E-state index >= 15 is 0 Å². The summed E-state index contributed by atoms with van der Waals surface area (Å²) in [4.78, 5) is 16.6. The molecule has 0 spiro atoms. The Labute approximate surface area is 135 Å². The highest BCUT2D eigenvalue weighted by molar-refractivity contribution is 6.01. The van der Waals surface area contributed by atoms with E-state index in [1.165, 1.54) is 38.5 Å². The number of aromatic carboxylic acids is 1. The molecule has 118 valence electrons. The van der Waals surface area contributed by atoms with E-state index in [-0.39, 0.29) is 5.41 Å². The lowest BCUT2D eigenvalue weighted by Gasteiger charge is -2.56. The fraction of sp³-hybridized carbons (Fsp3) is 0.500. The van der Waals surface area contributed by atoms with Crippen molar-refractivity contribution in [2.24, 2.45) is 17.8 Å². The van der Waals surface area contributed by atoms with Gasteiger partial charge in [0.05, 0.1) is 11.5 Å². The standard InChI is InChI=1S/C20H21NO2/c22-19(23)16-8-18(21-17-4-2-1-3-15(16)17)20-9-12-5-13(10-20)7-14(6-12)11-20/h1-4,8,12-14H,5-7,9-11H2,(H,22,23)/p-1. The third kappa shape index (κ3) is 1.95. The fourth-order valence-corrected chi connectivity index (χ4v) is 6.04. The van der Waals surface area contributed by atoms with E-state index in [9.17, 15) is 9.90 Å². The number of pyridine rings is 1. The van der Waals surface area contributed by atoms with E-state index in [4.69, 9.17) is 4.98 Å². The minimum absolute atomic E-state index is 0.114. The van der Waals surface area contributed by atoms with Crippen LogP contribution in [0, 0.1) is 17.8 Å². The molecule has 0 radical (unpaired) electrons. The monoisotopic (exact) mass is 306 g/mol. The van der Waals surface area contributed by atoms with Crippen LogP contribution in [0.3, 0.4) is 0 Å². The number of nitrogens with zero attached hydrogens (tertiary/aromatic N) is 1. The second-order valence-electron chi connectivity index (χ2n) is 8.06. The number of carbonyl (C=O) groups excluding carboxylic acids is 1. The Bertz CT molecular complexity index is 775. The van der Waals surface area contributed by atoms with Crippen LogP contribution < -0.4 is 5.11 Å². The van der Waals surface area contributed by atoms with Gasteiger partial charge in [-0.15, -0.1) is 0 Å². The van der Waals surface area contributed by atoms with Crippen LogP contribution in [-0.4, -0.2) is 11.0 Å². The molecular formula is C20H20NO2-. The average Bonchev–Trinajstić information content (AvgIpc) is 2.52. The van der Waals surface area contributed by atoms with Crippen molar-refractivity contribution in [3.05, 3.63) is 41.6 Å². The zero-order valence-electron chi connectivity index (χ0n) is 13.1. The highest BCUT2D eigenvalue weighted by Gasteiger charge is 2.52. The minimum atomic E-state index is -1.09. The first kappa shape index (κ1) is 13.5. The van der Waals surface area contributed by atoms with Crippen LogP contribution in [0.1, 0.15) is 54.6 Å². The van der Waals surface area contributed by atoms with Gasteiger partial charge in [-0.25, -0.2) is 0 Å². The van der Waals surface area contributed by atoms with Crippen molar-refractivity contribution in [3.63, 3.8) is 0 Å². The van der Waals surface area contributed by atoms with E-state index in [1.54, 1.807) is 0 Å². The molecule has 0 amide bonds. The van der Waals surface area contributed by atoms with Gasteiger partial charge in [0, 0.05) is 22.1 Å². The molecule has 3 nitrogen and oxygen atoms in total. The molecule has 1 aromatic heterocycles. The molecule has 0 unspecified atom stereocenters. The van der Waals surface area contributed by atoms with Gasteiger partial charge in [-0.1, -0.05) is 18.2 Å². The van der Waals surface area contributed by atoms with E-state index < -0.39 is 5.97 Å². The molecular weight excluding hydrogens is 286 g/mol. The Kier molecular flexibility index (Phi) is 2.68. The van der Waals surface area contributed by atoms with Gasteiger partial charge in [0.15, 0.2) is 0 Å². The summed E-state index contributed by atoms with van der Waals surface area (Å²) in [5.41, 5.74) is 2.22. The third-order valence-corrected chi connectivity index (χ3v) is 6.52. The van der Waals surface area contributed by atoms with E-state index in [1.807, 2.05) is 30.3 Å². The second kappa shape index (κ2) is 4.56. The molecule has 3 heteroatoms. The van der Waals surface area contributed by atoms with Crippen LogP contribution in [0.25, 0.3) is 10.9 Å². The molecule has 4 aliphatic rings. The van der Waals surface area contributed by atoms with Gasteiger partial charge in [-0.05, 0) is 68.4 Å². The summed E-state index contributed by atoms with van der Waals surface area (Å²) in [6.07, 6.45) is 7.70. The molecule has 0 saturated heterocycles. The lowest BCUT2D eigenvalue weighted by atomic mass is 9.48. The number of fused-ring (bicyclic) bond motifs is 1. The zero-order chi connectivity index (χ0) is 15.6. The number of aromatic nitrogens is 1. The first-order valence-electron chi connectivity index (χ1n) is 8.75. The summed E-state index contributed by atoms with van der Waals surface area (Å²) in [5, 5.41) is 12.4. The maximum atomic E-state index is 11.7. The van der Waals surface area contributed by atoms with Crippen molar-refractivity contribution in [3.8, 4) is 0 Å². The number of hydrogen-bond donors (Lipinski definition) is 0. The fourth-order valence-electron chi connectivity index (χ4n) is 6.04. The van der Waals surface area contributed by atoms with Gasteiger partial charge in [0.2, 0.25) is 0 Å². The third-order valence-electron chi connectivity index (χ3n) is 6.52. The topological polar surface area (TPSA) is 53.0 Å². The van der Waals surface area contributed by atoms with Gasteiger partial charge < -0.3 is 9.90 Å². The lowest BCUT2D eigenvalue weighted by Crippen LogP contribution is -2.49. The van der Waals surface area contributed by atoms with Gasteiger partial charge in [0.1, 0.15) is 0 Å². The minimum Gasteiger partial charge on any atom is -0.545 e. The van der Waals surface area contributed by atoms with Crippen LogP contribution in [0.4, 0.5) is 0 Å². The van der Waals surface area contributed by atoms with Crippen LogP contribution in [0.2, 0.25) is 0 Å². The highest BCUT2D eigenvalue weighted by atomic mass is 16.4. The Morgan fingerprint density at radius 3 is 2.26 bits per heavy atom. The number of carboxylic acids is 1. The molecule has 1 aromatic carbocycles. The Morgan fingerprint density at radius 1 is 1.04 bits per heavy atom. The Balaban J connectivity index is 1.70. The van der Waals surface area contributed by atoms with Crippen LogP contribution in [0.5, 0.6) is 0 Å². The van der Waals surface area contributed by atoms with Gasteiger partial charge in [-0.2, -0.15) is 0 Å². The molecule has 4 aliphatic carbocycles. The van der Waals surface area contributed by atoms with Gasteiger partial charge in [0.25, 0.3) is 0 Å². The summed E-state index contributed by atoms with van der Waals surface area (Å²) >= 11 is 0. The van der Waals surface area contributed by atoms with Gasteiger partial charge >= 0.3 is 0 Å². The van der Waals surface area contributed by atoms with Crippen LogP contribution in [-0.2, 0) is 5.41 Å². The quantitative estimate of drug-likeness (QED) is 0.857. The predicted molar refractivity (Wildman–Crippen MR) is 85.9 cm³/mol. The predicted octanol–water partition coefficient (Wildman–Crippen LogP) is 3.07. The number of rotatable bonds is 2. The molecule has 4 fully saturated rings. The van der Waals surface area contributed by atoms with Crippen molar-refractivity contribution in [2.45, 2.75) is 43.9 Å². The summed E-state index contributed by atoms with van der Waals surface area (Å²) in [6, 6.07) is 9.37. The van der Waals surface area contributed by atoms with Crippen molar-refractivity contribution in [2.75, 3.05) is 0 Å². The molecule has 4 saturated carbocycles. The highest BCUT2D eigenvalue weighted by Crippen LogP contribution is 2.60.